The molecule has 0 saturated carbocycles. The van der Waals surface area contributed by atoms with Crippen molar-refractivity contribution in [2.75, 3.05) is 51.1 Å². The van der Waals surface area contributed by atoms with E-state index in [4.69, 9.17) is 14.2 Å². The maximum Gasteiger partial charge on any atom is 0.237 e. The van der Waals surface area contributed by atoms with E-state index in [0.717, 1.165) is 10.8 Å². The Bertz CT molecular complexity index is 1010. The second-order valence-corrected chi connectivity index (χ2v) is 8.85. The SMILES string of the molecule is O=C1SCCOCCOCCOCCSC(=O)c2ccc3ccc4ccc1nc4c3n2. The van der Waals surface area contributed by atoms with Crippen molar-refractivity contribution in [3.63, 3.8) is 0 Å². The van der Waals surface area contributed by atoms with Crippen LogP contribution in [0.2, 0.25) is 0 Å². The van der Waals surface area contributed by atoms with Gasteiger partial charge in [-0.25, -0.2) is 9.97 Å². The lowest BCUT2D eigenvalue weighted by atomic mass is 10.1. The summed E-state index contributed by atoms with van der Waals surface area (Å²) in [5.41, 5.74) is 1.96. The largest absolute Gasteiger partial charge is 0.378 e. The highest BCUT2D eigenvalue weighted by atomic mass is 32.2. The van der Waals surface area contributed by atoms with Crippen molar-refractivity contribution in [1.29, 1.82) is 0 Å². The van der Waals surface area contributed by atoms with Gasteiger partial charge in [-0.15, -0.1) is 0 Å². The molecule has 0 aliphatic carbocycles. The summed E-state index contributed by atoms with van der Waals surface area (Å²) in [6, 6.07) is 11.1. The first-order valence-electron chi connectivity index (χ1n) is 10.0. The molecule has 162 valence electrons. The van der Waals surface area contributed by atoms with E-state index in [9.17, 15) is 9.59 Å². The lowest BCUT2D eigenvalue weighted by Crippen LogP contribution is -2.12. The quantitative estimate of drug-likeness (QED) is 0.469. The molecule has 0 unspecified atom stereocenters. The van der Waals surface area contributed by atoms with Gasteiger partial charge in [-0.05, 0) is 12.1 Å². The molecule has 1 aliphatic heterocycles. The number of aromatic nitrogens is 2. The fourth-order valence-corrected chi connectivity index (χ4v) is 4.37. The number of carbonyl (C=O) groups is 2. The molecular formula is C22H22N2O5S2. The van der Waals surface area contributed by atoms with E-state index in [-0.39, 0.29) is 10.2 Å². The predicted molar refractivity (Wildman–Crippen MR) is 123 cm³/mol. The van der Waals surface area contributed by atoms with Gasteiger partial charge in [-0.1, -0.05) is 47.8 Å². The monoisotopic (exact) mass is 458 g/mol. The van der Waals surface area contributed by atoms with Crippen LogP contribution in [0.15, 0.2) is 36.4 Å². The van der Waals surface area contributed by atoms with Crippen LogP contribution in [-0.2, 0) is 14.2 Å². The molecule has 0 fully saturated rings. The average Bonchev–Trinajstić information content (AvgIpc) is 2.80. The minimum Gasteiger partial charge on any atom is -0.378 e. The van der Waals surface area contributed by atoms with Crippen LogP contribution in [0.3, 0.4) is 0 Å². The summed E-state index contributed by atoms with van der Waals surface area (Å²) in [5.74, 6) is 1.07. The van der Waals surface area contributed by atoms with Crippen LogP contribution in [0.1, 0.15) is 21.0 Å². The Morgan fingerprint density at radius 3 is 1.42 bits per heavy atom. The number of rotatable bonds is 0. The third-order valence-corrected chi connectivity index (χ3v) is 6.29. The Balaban J connectivity index is 1.63. The summed E-state index contributed by atoms with van der Waals surface area (Å²) >= 11 is 2.34. The molecule has 9 heteroatoms. The first-order valence-corrected chi connectivity index (χ1v) is 12.0. The van der Waals surface area contributed by atoms with Gasteiger partial charge in [-0.2, -0.15) is 0 Å². The number of nitrogens with zero attached hydrogens (tertiary/aromatic N) is 2. The second kappa shape index (κ2) is 11.0. The van der Waals surface area contributed by atoms with Crippen molar-refractivity contribution in [3.8, 4) is 0 Å². The van der Waals surface area contributed by atoms with Crippen LogP contribution in [0.4, 0.5) is 0 Å². The zero-order valence-electron chi connectivity index (χ0n) is 16.9. The second-order valence-electron chi connectivity index (χ2n) is 6.71. The number of benzene rings is 1. The van der Waals surface area contributed by atoms with Crippen LogP contribution in [0.25, 0.3) is 21.8 Å². The summed E-state index contributed by atoms with van der Waals surface area (Å²) in [7, 11) is 0. The third kappa shape index (κ3) is 5.81. The van der Waals surface area contributed by atoms with Crippen molar-refractivity contribution >= 4 is 55.6 Å². The highest BCUT2D eigenvalue weighted by Crippen LogP contribution is 2.25. The minimum absolute atomic E-state index is 0.121. The zero-order chi connectivity index (χ0) is 21.5. The molecule has 31 heavy (non-hydrogen) atoms. The van der Waals surface area contributed by atoms with E-state index in [1.807, 2.05) is 24.3 Å². The number of hydrogen-bond donors (Lipinski definition) is 0. The Kier molecular flexibility index (Phi) is 7.87. The smallest absolute Gasteiger partial charge is 0.237 e. The summed E-state index contributed by atoms with van der Waals surface area (Å²) < 4.78 is 16.4. The van der Waals surface area contributed by atoms with Crippen molar-refractivity contribution in [3.05, 3.63) is 47.8 Å². The molecule has 4 rings (SSSR count). The molecule has 0 N–H and O–H groups in total. The summed E-state index contributed by atoms with van der Waals surface area (Å²) in [5, 5.41) is 1.50. The third-order valence-electron chi connectivity index (χ3n) is 4.60. The van der Waals surface area contributed by atoms with E-state index in [0.29, 0.717) is 73.6 Å². The van der Waals surface area contributed by atoms with Crippen molar-refractivity contribution in [1.82, 2.24) is 9.97 Å². The highest BCUT2D eigenvalue weighted by Gasteiger charge is 2.14. The maximum absolute atomic E-state index is 12.6. The van der Waals surface area contributed by atoms with E-state index in [1.165, 1.54) is 23.5 Å². The number of pyridine rings is 2. The summed E-state index contributed by atoms with van der Waals surface area (Å²) in [4.78, 5) is 34.4. The lowest BCUT2D eigenvalue weighted by Gasteiger charge is -2.07. The van der Waals surface area contributed by atoms with E-state index >= 15 is 0 Å². The van der Waals surface area contributed by atoms with E-state index in [1.54, 1.807) is 12.1 Å². The number of thioether (sulfide) groups is 2. The first-order chi connectivity index (χ1) is 15.2. The molecule has 0 spiro atoms. The van der Waals surface area contributed by atoms with Crippen LogP contribution in [0.5, 0.6) is 0 Å². The molecule has 0 radical (unpaired) electrons. The van der Waals surface area contributed by atoms with E-state index in [2.05, 4.69) is 9.97 Å². The first kappa shape index (κ1) is 22.2. The van der Waals surface area contributed by atoms with Crippen LogP contribution >= 0.6 is 23.5 Å². The summed E-state index contributed by atoms with van der Waals surface area (Å²) in [6.07, 6.45) is 0. The van der Waals surface area contributed by atoms with Crippen LogP contribution in [0, 0.1) is 0 Å². The molecule has 3 heterocycles. The Morgan fingerprint density at radius 2 is 0.968 bits per heavy atom. The number of ether oxygens (including phenoxy) is 3. The van der Waals surface area contributed by atoms with Gasteiger partial charge >= 0.3 is 0 Å². The molecular weight excluding hydrogens is 436 g/mol. The Labute approximate surface area is 188 Å². The summed E-state index contributed by atoms with van der Waals surface area (Å²) in [6.45, 7) is 2.78. The van der Waals surface area contributed by atoms with E-state index < -0.39 is 0 Å². The van der Waals surface area contributed by atoms with Gasteiger partial charge in [0.1, 0.15) is 11.4 Å². The number of fused-ring (bicyclic) bond motifs is 2. The van der Waals surface area contributed by atoms with Gasteiger partial charge < -0.3 is 14.2 Å². The standard InChI is InChI=1S/C22H22N2O5S2/c25-21-17-5-3-15-1-2-16-4-6-18(24-20(16)19(15)23-17)22(26)31-14-12-29-10-8-27-7-9-28-11-13-30-21/h1-6H,7-14H2. The van der Waals surface area contributed by atoms with Crippen molar-refractivity contribution < 1.29 is 23.8 Å². The topological polar surface area (TPSA) is 87.6 Å². The van der Waals surface area contributed by atoms with Gasteiger partial charge in [0, 0.05) is 22.3 Å². The minimum atomic E-state index is -0.121. The van der Waals surface area contributed by atoms with Gasteiger partial charge in [-0.3, -0.25) is 9.59 Å². The molecule has 3 aromatic rings. The van der Waals surface area contributed by atoms with Gasteiger partial charge in [0.05, 0.1) is 50.7 Å². The highest BCUT2D eigenvalue weighted by molar-refractivity contribution is 8.14. The fourth-order valence-electron chi connectivity index (χ4n) is 3.07. The number of carbonyl (C=O) groups excluding carboxylic acids is 2. The molecule has 2 aromatic heterocycles. The molecule has 7 nitrogen and oxygen atoms in total. The van der Waals surface area contributed by atoms with Crippen molar-refractivity contribution in [2.45, 2.75) is 0 Å². The molecule has 1 aromatic carbocycles. The molecule has 0 saturated heterocycles. The normalized spacial score (nSPS) is 18.1. The maximum atomic E-state index is 12.6. The Morgan fingerprint density at radius 1 is 0.581 bits per heavy atom. The number of hydrogen-bond acceptors (Lipinski definition) is 9. The average molecular weight is 459 g/mol. The van der Waals surface area contributed by atoms with Gasteiger partial charge in [0.15, 0.2) is 0 Å². The Hall–Kier alpha value is -2.04. The molecule has 4 bridgehead atoms. The lowest BCUT2D eigenvalue weighted by molar-refractivity contribution is 0.0205. The fraction of sp³-hybridized carbons (Fsp3) is 0.364. The van der Waals surface area contributed by atoms with Crippen LogP contribution < -0.4 is 0 Å². The predicted octanol–water partition coefficient (Wildman–Crippen LogP) is 3.59. The van der Waals surface area contributed by atoms with Crippen molar-refractivity contribution in [2.24, 2.45) is 0 Å². The zero-order valence-corrected chi connectivity index (χ0v) is 18.5. The van der Waals surface area contributed by atoms with Gasteiger partial charge in [0.2, 0.25) is 10.2 Å². The van der Waals surface area contributed by atoms with Crippen LogP contribution in [-0.4, -0.2) is 71.3 Å². The molecule has 0 amide bonds. The molecule has 1 aliphatic rings. The molecule has 0 atom stereocenters. The van der Waals surface area contributed by atoms with Gasteiger partial charge in [0.25, 0.3) is 0 Å².